The molecule has 1 amide bonds. The molecule has 1 aliphatic carbocycles. The number of nitrogens with zero attached hydrogens (tertiary/aromatic N) is 1. The average Bonchev–Trinajstić information content (AvgIpc) is 3.07. The van der Waals surface area contributed by atoms with Gasteiger partial charge in [0.2, 0.25) is 0 Å². The Labute approximate surface area is 123 Å². The second-order valence-electron chi connectivity index (χ2n) is 5.77. The number of aromatic nitrogens is 2. The highest BCUT2D eigenvalue weighted by Crippen LogP contribution is 2.36. The Morgan fingerprint density at radius 2 is 2.29 bits per heavy atom. The highest BCUT2D eigenvalue weighted by atomic mass is 16.3. The zero-order valence-corrected chi connectivity index (χ0v) is 12.2. The number of H-pyrrole nitrogens is 1. The molecule has 3 rings (SSSR count). The van der Waals surface area contributed by atoms with Crippen molar-refractivity contribution in [3.8, 4) is 5.75 Å². The second-order valence-corrected chi connectivity index (χ2v) is 5.77. The number of amides is 1. The Balaban J connectivity index is 1.76. The third kappa shape index (κ3) is 2.51. The van der Waals surface area contributed by atoms with Gasteiger partial charge in [-0.3, -0.25) is 9.89 Å². The number of phenolic OH excluding ortho intramolecular Hbond substituents is 1. The zero-order chi connectivity index (χ0) is 15.0. The summed E-state index contributed by atoms with van der Waals surface area (Å²) in [6.45, 7) is 4.09. The molecule has 1 atom stereocenters. The smallest absolute Gasteiger partial charge is 0.272 e. The van der Waals surface area contributed by atoms with Gasteiger partial charge in [0.15, 0.2) is 0 Å². The number of aromatic amines is 1. The molecule has 1 heterocycles. The largest absolute Gasteiger partial charge is 0.508 e. The number of carbonyl (C=O) groups excluding carboxylic acids is 1. The van der Waals surface area contributed by atoms with Crippen LogP contribution in [0.2, 0.25) is 0 Å². The third-order valence-corrected chi connectivity index (χ3v) is 4.00. The lowest BCUT2D eigenvalue weighted by molar-refractivity contribution is 0.0931. The number of hydrogen-bond acceptors (Lipinski definition) is 3. The van der Waals surface area contributed by atoms with E-state index >= 15 is 0 Å². The first kappa shape index (κ1) is 13.7. The lowest BCUT2D eigenvalue weighted by Gasteiger charge is -2.13. The van der Waals surface area contributed by atoms with E-state index < -0.39 is 0 Å². The number of hydrogen-bond donors (Lipinski definition) is 3. The standard InChI is InChI=1S/C16H19N3O2/c1-9(2)13-8-14(19-18-13)16(21)17-12-7-6-11-10(12)4-3-5-15(11)20/h3-5,8-9,12,20H,6-7H2,1-2H3,(H,17,21)(H,18,19)/t12-/m0/s1. The summed E-state index contributed by atoms with van der Waals surface area (Å²) in [5, 5.41) is 19.8. The van der Waals surface area contributed by atoms with E-state index in [1.54, 1.807) is 12.1 Å². The number of rotatable bonds is 3. The van der Waals surface area contributed by atoms with Crippen molar-refractivity contribution in [2.75, 3.05) is 0 Å². The summed E-state index contributed by atoms with van der Waals surface area (Å²) < 4.78 is 0. The molecule has 0 aliphatic heterocycles. The van der Waals surface area contributed by atoms with Crippen molar-refractivity contribution in [2.45, 2.75) is 38.6 Å². The van der Waals surface area contributed by atoms with E-state index in [9.17, 15) is 9.90 Å². The van der Waals surface area contributed by atoms with Gasteiger partial charge in [0.25, 0.3) is 5.91 Å². The molecule has 1 aliphatic rings. The first-order chi connectivity index (χ1) is 10.1. The molecule has 21 heavy (non-hydrogen) atoms. The van der Waals surface area contributed by atoms with Crippen LogP contribution in [0.15, 0.2) is 24.3 Å². The summed E-state index contributed by atoms with van der Waals surface area (Å²) >= 11 is 0. The fraction of sp³-hybridized carbons (Fsp3) is 0.375. The monoisotopic (exact) mass is 285 g/mol. The van der Waals surface area contributed by atoms with Gasteiger partial charge in [0, 0.05) is 5.69 Å². The van der Waals surface area contributed by atoms with Crippen molar-refractivity contribution in [1.29, 1.82) is 0 Å². The maximum absolute atomic E-state index is 12.3. The highest BCUT2D eigenvalue weighted by molar-refractivity contribution is 5.92. The number of benzene rings is 1. The molecule has 1 aromatic carbocycles. The van der Waals surface area contributed by atoms with Crippen molar-refractivity contribution in [2.24, 2.45) is 0 Å². The number of aromatic hydroxyl groups is 1. The van der Waals surface area contributed by atoms with Crippen LogP contribution in [0.5, 0.6) is 5.75 Å². The van der Waals surface area contributed by atoms with Crippen LogP contribution in [0.4, 0.5) is 0 Å². The molecule has 5 heteroatoms. The van der Waals surface area contributed by atoms with Gasteiger partial charge >= 0.3 is 0 Å². The normalized spacial score (nSPS) is 17.0. The quantitative estimate of drug-likeness (QED) is 0.811. The summed E-state index contributed by atoms with van der Waals surface area (Å²) in [7, 11) is 0. The molecule has 0 fully saturated rings. The fourth-order valence-corrected chi connectivity index (χ4v) is 2.77. The first-order valence-corrected chi connectivity index (χ1v) is 7.23. The van der Waals surface area contributed by atoms with Gasteiger partial charge in [-0.1, -0.05) is 26.0 Å². The van der Waals surface area contributed by atoms with Crippen molar-refractivity contribution in [3.05, 3.63) is 46.8 Å². The van der Waals surface area contributed by atoms with Gasteiger partial charge in [-0.05, 0) is 42.0 Å². The summed E-state index contributed by atoms with van der Waals surface area (Å²) in [5.41, 5.74) is 3.30. The minimum Gasteiger partial charge on any atom is -0.508 e. The number of carbonyl (C=O) groups is 1. The maximum Gasteiger partial charge on any atom is 0.272 e. The van der Waals surface area contributed by atoms with Crippen LogP contribution in [-0.2, 0) is 6.42 Å². The Morgan fingerprint density at radius 3 is 3.00 bits per heavy atom. The van der Waals surface area contributed by atoms with E-state index in [-0.39, 0.29) is 11.9 Å². The lowest BCUT2D eigenvalue weighted by atomic mass is 10.1. The van der Waals surface area contributed by atoms with Crippen molar-refractivity contribution >= 4 is 5.91 Å². The van der Waals surface area contributed by atoms with Crippen molar-refractivity contribution in [1.82, 2.24) is 15.5 Å². The molecular formula is C16H19N3O2. The molecule has 0 saturated carbocycles. The minimum absolute atomic E-state index is 0.0567. The predicted octanol–water partition coefficient (Wildman–Crippen LogP) is 2.66. The lowest BCUT2D eigenvalue weighted by Crippen LogP contribution is -2.27. The van der Waals surface area contributed by atoms with Gasteiger partial charge in [-0.2, -0.15) is 5.10 Å². The Bertz CT molecular complexity index is 676. The van der Waals surface area contributed by atoms with E-state index in [0.29, 0.717) is 17.4 Å². The number of fused-ring (bicyclic) bond motifs is 1. The molecule has 1 aromatic heterocycles. The zero-order valence-electron chi connectivity index (χ0n) is 12.2. The Morgan fingerprint density at radius 1 is 1.48 bits per heavy atom. The number of phenols is 1. The molecule has 3 N–H and O–H groups in total. The third-order valence-electron chi connectivity index (χ3n) is 4.00. The van der Waals surface area contributed by atoms with Crippen LogP contribution >= 0.6 is 0 Å². The summed E-state index contributed by atoms with van der Waals surface area (Å²) in [6, 6.07) is 7.18. The first-order valence-electron chi connectivity index (χ1n) is 7.23. The SMILES string of the molecule is CC(C)c1cc(C(=O)N[C@H]2CCc3c(O)cccc32)n[nH]1. The van der Waals surface area contributed by atoms with Gasteiger partial charge in [0.05, 0.1) is 6.04 Å². The topological polar surface area (TPSA) is 78.0 Å². The second kappa shape index (κ2) is 5.24. The highest BCUT2D eigenvalue weighted by Gasteiger charge is 2.26. The molecule has 0 spiro atoms. The number of nitrogens with one attached hydrogen (secondary N) is 2. The van der Waals surface area contributed by atoms with Crippen molar-refractivity contribution < 1.29 is 9.90 Å². The van der Waals surface area contributed by atoms with Crippen LogP contribution in [-0.4, -0.2) is 21.2 Å². The molecular weight excluding hydrogens is 266 g/mol. The minimum atomic E-state index is -0.181. The average molecular weight is 285 g/mol. The molecule has 0 bridgehead atoms. The van der Waals surface area contributed by atoms with Gasteiger partial charge in [-0.15, -0.1) is 0 Å². The van der Waals surface area contributed by atoms with E-state index in [4.69, 9.17) is 0 Å². The van der Waals surface area contributed by atoms with Crippen LogP contribution in [0.1, 0.15) is 59.5 Å². The maximum atomic E-state index is 12.3. The Kier molecular flexibility index (Phi) is 3.41. The molecule has 0 saturated heterocycles. The van der Waals surface area contributed by atoms with E-state index in [1.165, 1.54) is 0 Å². The van der Waals surface area contributed by atoms with E-state index in [0.717, 1.165) is 29.7 Å². The van der Waals surface area contributed by atoms with Crippen LogP contribution in [0.25, 0.3) is 0 Å². The van der Waals surface area contributed by atoms with E-state index in [2.05, 4.69) is 15.5 Å². The summed E-state index contributed by atoms with van der Waals surface area (Å²) in [6.07, 6.45) is 1.59. The van der Waals surface area contributed by atoms with E-state index in [1.807, 2.05) is 26.0 Å². The van der Waals surface area contributed by atoms with Crippen LogP contribution in [0.3, 0.4) is 0 Å². The molecule has 2 aromatic rings. The van der Waals surface area contributed by atoms with Gasteiger partial charge in [0.1, 0.15) is 11.4 Å². The molecule has 0 unspecified atom stereocenters. The van der Waals surface area contributed by atoms with Crippen LogP contribution in [0, 0.1) is 0 Å². The van der Waals surface area contributed by atoms with Gasteiger partial charge in [-0.25, -0.2) is 0 Å². The van der Waals surface area contributed by atoms with Crippen LogP contribution < -0.4 is 5.32 Å². The predicted molar refractivity (Wildman–Crippen MR) is 79.3 cm³/mol. The molecule has 110 valence electrons. The van der Waals surface area contributed by atoms with Crippen molar-refractivity contribution in [3.63, 3.8) is 0 Å². The summed E-state index contributed by atoms with van der Waals surface area (Å²) in [4.78, 5) is 12.3. The Hall–Kier alpha value is -2.30. The molecule has 5 nitrogen and oxygen atoms in total. The fourth-order valence-electron chi connectivity index (χ4n) is 2.77. The van der Waals surface area contributed by atoms with Gasteiger partial charge < -0.3 is 10.4 Å². The molecule has 0 radical (unpaired) electrons. The summed E-state index contributed by atoms with van der Waals surface area (Å²) in [5.74, 6) is 0.439.